The van der Waals surface area contributed by atoms with Crippen LogP contribution in [0.1, 0.15) is 13.3 Å². The molecule has 1 atom stereocenters. The molecule has 1 aliphatic rings. The van der Waals surface area contributed by atoms with E-state index in [1.807, 2.05) is 31.2 Å². The number of hydrogen-bond donors (Lipinski definition) is 0. The van der Waals surface area contributed by atoms with Gasteiger partial charge in [-0.25, -0.2) is 8.42 Å². The van der Waals surface area contributed by atoms with Crippen molar-refractivity contribution in [1.82, 2.24) is 4.90 Å². The van der Waals surface area contributed by atoms with E-state index in [1.54, 1.807) is 36.3 Å². The number of rotatable bonds is 7. The van der Waals surface area contributed by atoms with E-state index in [1.165, 1.54) is 4.31 Å². The Bertz CT molecular complexity index is 1010. The first kappa shape index (κ1) is 23.2. The fourth-order valence-electron chi connectivity index (χ4n) is 3.90. The third-order valence-electron chi connectivity index (χ3n) is 5.41. The summed E-state index contributed by atoms with van der Waals surface area (Å²) in [4.78, 5) is 17.3. The number of anilines is 2. The minimum atomic E-state index is -3.67. The lowest BCUT2D eigenvalue weighted by Gasteiger charge is -2.39. The molecule has 3 rings (SSSR count). The summed E-state index contributed by atoms with van der Waals surface area (Å²) >= 11 is 5.96. The number of ether oxygens (including phenoxy) is 1. The molecule has 0 radical (unpaired) electrons. The van der Waals surface area contributed by atoms with Crippen molar-refractivity contribution < 1.29 is 17.9 Å². The quantitative estimate of drug-likeness (QED) is 0.627. The smallest absolute Gasteiger partial charge is 0.246 e. The van der Waals surface area contributed by atoms with E-state index in [9.17, 15) is 13.2 Å². The van der Waals surface area contributed by atoms with Crippen molar-refractivity contribution in [2.45, 2.75) is 19.4 Å². The second-order valence-corrected chi connectivity index (χ2v) is 9.74. The van der Waals surface area contributed by atoms with Crippen molar-refractivity contribution in [1.29, 1.82) is 0 Å². The van der Waals surface area contributed by atoms with Crippen LogP contribution < -0.4 is 13.9 Å². The molecular formula is C22H28ClN3O4S. The highest BCUT2D eigenvalue weighted by atomic mass is 35.5. The molecule has 31 heavy (non-hydrogen) atoms. The average molecular weight is 466 g/mol. The predicted molar refractivity (Wildman–Crippen MR) is 125 cm³/mol. The largest absolute Gasteiger partial charge is 0.495 e. The number of carbonyl (C=O) groups is 1. The van der Waals surface area contributed by atoms with Gasteiger partial charge in [-0.05, 0) is 42.8 Å². The van der Waals surface area contributed by atoms with Crippen LogP contribution in [0.5, 0.6) is 5.75 Å². The maximum atomic E-state index is 13.4. The van der Waals surface area contributed by atoms with Crippen LogP contribution in [0, 0.1) is 0 Å². The summed E-state index contributed by atoms with van der Waals surface area (Å²) in [6.45, 7) is 4.11. The highest BCUT2D eigenvalue weighted by molar-refractivity contribution is 7.92. The van der Waals surface area contributed by atoms with Gasteiger partial charge in [0.2, 0.25) is 15.9 Å². The second-order valence-electron chi connectivity index (χ2n) is 7.44. The monoisotopic (exact) mass is 465 g/mol. The number of methoxy groups -OCH3 is 1. The van der Waals surface area contributed by atoms with Gasteiger partial charge in [0.15, 0.2) is 0 Å². The van der Waals surface area contributed by atoms with Crippen LogP contribution >= 0.6 is 11.6 Å². The normalized spacial score (nSPS) is 15.5. The van der Waals surface area contributed by atoms with Gasteiger partial charge in [-0.2, -0.15) is 0 Å². The summed E-state index contributed by atoms with van der Waals surface area (Å²) in [6, 6.07) is 13.5. The summed E-state index contributed by atoms with van der Waals surface area (Å²) in [7, 11) is -2.03. The fraction of sp³-hybridized carbons (Fsp3) is 0.409. The van der Waals surface area contributed by atoms with E-state index in [2.05, 4.69) is 4.90 Å². The van der Waals surface area contributed by atoms with Crippen molar-refractivity contribution >= 4 is 38.9 Å². The summed E-state index contributed by atoms with van der Waals surface area (Å²) in [6.07, 6.45) is 1.48. The maximum Gasteiger partial charge on any atom is 0.246 e. The highest BCUT2D eigenvalue weighted by Gasteiger charge is 2.35. The van der Waals surface area contributed by atoms with Gasteiger partial charge in [-0.3, -0.25) is 9.10 Å². The van der Waals surface area contributed by atoms with Crippen molar-refractivity contribution in [3.63, 3.8) is 0 Å². The zero-order valence-corrected chi connectivity index (χ0v) is 19.6. The predicted octanol–water partition coefficient (Wildman–Crippen LogP) is 3.24. The molecule has 0 saturated carbocycles. The summed E-state index contributed by atoms with van der Waals surface area (Å²) in [5.74, 6) is 0.599. The number of amides is 1. The van der Waals surface area contributed by atoms with E-state index >= 15 is 0 Å². The van der Waals surface area contributed by atoms with Crippen LogP contribution in [-0.4, -0.2) is 64.8 Å². The van der Waals surface area contributed by atoms with Crippen LogP contribution in [0.15, 0.2) is 48.5 Å². The lowest BCUT2D eigenvalue weighted by molar-refractivity contribution is -0.132. The molecule has 1 aliphatic heterocycles. The van der Waals surface area contributed by atoms with Crippen LogP contribution in [0.2, 0.25) is 5.02 Å². The Balaban J connectivity index is 1.78. The molecule has 1 saturated heterocycles. The van der Waals surface area contributed by atoms with Crippen molar-refractivity contribution in [2.75, 3.05) is 48.7 Å². The Morgan fingerprint density at radius 3 is 2.26 bits per heavy atom. The Labute approximate surface area is 189 Å². The van der Waals surface area contributed by atoms with Gasteiger partial charge in [-0.15, -0.1) is 0 Å². The van der Waals surface area contributed by atoms with Crippen LogP contribution in [0.25, 0.3) is 0 Å². The van der Waals surface area contributed by atoms with Gasteiger partial charge < -0.3 is 14.5 Å². The molecule has 0 unspecified atom stereocenters. The van der Waals surface area contributed by atoms with Gasteiger partial charge in [-0.1, -0.05) is 30.7 Å². The van der Waals surface area contributed by atoms with Crippen LogP contribution in [0.4, 0.5) is 11.4 Å². The van der Waals surface area contributed by atoms with Crippen molar-refractivity contribution in [3.8, 4) is 5.75 Å². The highest BCUT2D eigenvalue weighted by Crippen LogP contribution is 2.29. The first-order chi connectivity index (χ1) is 14.8. The Morgan fingerprint density at radius 2 is 1.71 bits per heavy atom. The zero-order valence-electron chi connectivity index (χ0n) is 18.0. The number of carbonyl (C=O) groups excluding carboxylic acids is 1. The number of para-hydroxylation sites is 2. The van der Waals surface area contributed by atoms with Crippen molar-refractivity contribution in [3.05, 3.63) is 53.6 Å². The molecule has 1 heterocycles. The van der Waals surface area contributed by atoms with Gasteiger partial charge >= 0.3 is 0 Å². The third kappa shape index (κ3) is 5.25. The Kier molecular flexibility index (Phi) is 7.33. The molecule has 1 amide bonds. The number of sulfonamides is 1. The topological polar surface area (TPSA) is 70.2 Å². The second kappa shape index (κ2) is 9.78. The van der Waals surface area contributed by atoms with E-state index in [4.69, 9.17) is 16.3 Å². The first-order valence-electron chi connectivity index (χ1n) is 10.2. The molecule has 0 aromatic heterocycles. The van der Waals surface area contributed by atoms with E-state index in [0.29, 0.717) is 43.3 Å². The number of hydrogen-bond acceptors (Lipinski definition) is 5. The van der Waals surface area contributed by atoms with Gasteiger partial charge in [0.05, 0.1) is 24.7 Å². The lowest BCUT2D eigenvalue weighted by atomic mass is 10.1. The molecule has 2 aromatic carbocycles. The van der Waals surface area contributed by atoms with Gasteiger partial charge in [0, 0.05) is 31.2 Å². The Hall–Kier alpha value is -2.45. The maximum absolute atomic E-state index is 13.4. The first-order valence-corrected chi connectivity index (χ1v) is 12.4. The lowest BCUT2D eigenvalue weighted by Crippen LogP contribution is -2.56. The molecule has 1 fully saturated rings. The molecule has 168 valence electrons. The molecule has 0 N–H and O–H groups in total. The fourth-order valence-corrected chi connectivity index (χ4v) is 5.23. The third-order valence-corrected chi connectivity index (χ3v) is 6.84. The minimum Gasteiger partial charge on any atom is -0.495 e. The standard InChI is InChI=1S/C22H28ClN3O4S/c1-4-19(26(31(3,28)29)18-11-9-17(23)10-12-18)22(27)25-15-13-24(14-16-25)20-7-5-6-8-21(20)30-2/h5-12,19H,4,13-16H2,1-3H3/t19-/m1/s1. The number of benzene rings is 2. The van der Waals surface area contributed by atoms with Crippen LogP contribution in [0.3, 0.4) is 0 Å². The van der Waals surface area contributed by atoms with Crippen LogP contribution in [-0.2, 0) is 14.8 Å². The molecule has 0 aliphatic carbocycles. The molecule has 9 heteroatoms. The molecule has 2 aromatic rings. The van der Waals surface area contributed by atoms with Crippen molar-refractivity contribution in [2.24, 2.45) is 0 Å². The summed E-state index contributed by atoms with van der Waals surface area (Å²) in [5, 5.41) is 0.504. The number of nitrogens with zero attached hydrogens (tertiary/aromatic N) is 3. The molecule has 7 nitrogen and oxygen atoms in total. The van der Waals surface area contributed by atoms with E-state index in [0.717, 1.165) is 17.7 Å². The molecule has 0 bridgehead atoms. The Morgan fingerprint density at radius 1 is 1.10 bits per heavy atom. The minimum absolute atomic E-state index is 0.192. The van der Waals surface area contributed by atoms with Gasteiger partial charge in [0.1, 0.15) is 11.8 Å². The zero-order chi connectivity index (χ0) is 22.6. The summed E-state index contributed by atoms with van der Waals surface area (Å²) in [5.41, 5.74) is 1.42. The molecule has 0 spiro atoms. The van der Waals surface area contributed by atoms with Gasteiger partial charge in [0.25, 0.3) is 0 Å². The average Bonchev–Trinajstić information content (AvgIpc) is 2.77. The number of piperazine rings is 1. The SMILES string of the molecule is CC[C@H](C(=O)N1CCN(c2ccccc2OC)CC1)N(c1ccc(Cl)cc1)S(C)(=O)=O. The summed E-state index contributed by atoms with van der Waals surface area (Å²) < 4.78 is 31.9. The number of halogens is 1. The van der Waals surface area contributed by atoms with E-state index < -0.39 is 16.1 Å². The molecular weight excluding hydrogens is 438 g/mol. The van der Waals surface area contributed by atoms with E-state index in [-0.39, 0.29) is 5.91 Å².